The first-order valence-corrected chi connectivity index (χ1v) is 9.10. The Morgan fingerprint density at radius 3 is 2.64 bits per heavy atom. The standard InChI is InChI=1S/C18H17ClFNO3S/c19-14-6-7-15(16(20)10-14)18(23)24-11-17(22)21-8-9-25-12-13-4-2-1-3-5-13/h1-7,10H,8-9,11-12H2,(H,21,22). The van der Waals surface area contributed by atoms with Crippen LogP contribution in [0.3, 0.4) is 0 Å². The molecule has 0 radical (unpaired) electrons. The molecule has 2 aromatic rings. The van der Waals surface area contributed by atoms with Gasteiger partial charge in [-0.1, -0.05) is 41.9 Å². The first-order chi connectivity index (χ1) is 12.1. The number of esters is 1. The molecular weight excluding hydrogens is 365 g/mol. The second kappa shape index (κ2) is 10.1. The number of rotatable bonds is 8. The number of benzene rings is 2. The average Bonchev–Trinajstić information content (AvgIpc) is 2.60. The van der Waals surface area contributed by atoms with Gasteiger partial charge in [-0.3, -0.25) is 4.79 Å². The third-order valence-corrected chi connectivity index (χ3v) is 4.43. The number of carbonyl (C=O) groups excluding carboxylic acids is 2. The molecule has 4 nitrogen and oxygen atoms in total. The molecule has 0 unspecified atom stereocenters. The first-order valence-electron chi connectivity index (χ1n) is 7.57. The Morgan fingerprint density at radius 1 is 1.16 bits per heavy atom. The molecule has 0 saturated heterocycles. The highest BCUT2D eigenvalue weighted by Crippen LogP contribution is 2.15. The van der Waals surface area contributed by atoms with Gasteiger partial charge in [0.05, 0.1) is 5.56 Å². The first kappa shape index (κ1) is 19.3. The van der Waals surface area contributed by atoms with Crippen molar-refractivity contribution in [3.05, 3.63) is 70.5 Å². The van der Waals surface area contributed by atoms with E-state index in [1.807, 2.05) is 30.3 Å². The van der Waals surface area contributed by atoms with Crippen LogP contribution in [0.25, 0.3) is 0 Å². The minimum absolute atomic E-state index is 0.180. The third-order valence-electron chi connectivity index (χ3n) is 3.17. The van der Waals surface area contributed by atoms with Crippen LogP contribution in [0.2, 0.25) is 5.02 Å². The summed E-state index contributed by atoms with van der Waals surface area (Å²) < 4.78 is 18.4. The lowest BCUT2D eigenvalue weighted by Gasteiger charge is -2.07. The van der Waals surface area contributed by atoms with E-state index in [9.17, 15) is 14.0 Å². The predicted molar refractivity (Wildman–Crippen MR) is 97.3 cm³/mol. The second-order valence-corrected chi connectivity index (χ2v) is 6.63. The Bertz CT molecular complexity index is 728. The zero-order chi connectivity index (χ0) is 18.1. The van der Waals surface area contributed by atoms with E-state index in [4.69, 9.17) is 16.3 Å². The maximum atomic E-state index is 13.6. The Hall–Kier alpha value is -2.05. The van der Waals surface area contributed by atoms with Gasteiger partial charge in [0.15, 0.2) is 6.61 Å². The lowest BCUT2D eigenvalue weighted by molar-refractivity contribution is -0.124. The smallest absolute Gasteiger partial charge is 0.341 e. The molecule has 0 saturated carbocycles. The molecule has 0 aliphatic carbocycles. The van der Waals surface area contributed by atoms with Crippen molar-refractivity contribution in [1.29, 1.82) is 0 Å². The van der Waals surface area contributed by atoms with Gasteiger partial charge in [0.25, 0.3) is 5.91 Å². The number of hydrogen-bond acceptors (Lipinski definition) is 4. The molecule has 0 fully saturated rings. The van der Waals surface area contributed by atoms with Crippen LogP contribution in [0.5, 0.6) is 0 Å². The maximum absolute atomic E-state index is 13.6. The zero-order valence-electron chi connectivity index (χ0n) is 13.3. The van der Waals surface area contributed by atoms with Crippen molar-refractivity contribution in [2.24, 2.45) is 0 Å². The third kappa shape index (κ3) is 6.76. The molecule has 0 aliphatic rings. The van der Waals surface area contributed by atoms with Crippen LogP contribution in [0, 0.1) is 5.82 Å². The molecule has 7 heteroatoms. The predicted octanol–water partition coefficient (Wildman–Crippen LogP) is 3.69. The Kier molecular flexibility index (Phi) is 7.76. The molecule has 2 aromatic carbocycles. The van der Waals surface area contributed by atoms with Crippen LogP contribution in [0.15, 0.2) is 48.5 Å². The van der Waals surface area contributed by atoms with E-state index < -0.39 is 24.3 Å². The van der Waals surface area contributed by atoms with Crippen LogP contribution in [0.4, 0.5) is 4.39 Å². The van der Waals surface area contributed by atoms with E-state index in [0.717, 1.165) is 17.6 Å². The van der Waals surface area contributed by atoms with Gasteiger partial charge in [-0.15, -0.1) is 0 Å². The van der Waals surface area contributed by atoms with Gasteiger partial charge < -0.3 is 10.1 Å². The van der Waals surface area contributed by atoms with E-state index in [0.29, 0.717) is 6.54 Å². The van der Waals surface area contributed by atoms with Crippen molar-refractivity contribution in [3.63, 3.8) is 0 Å². The van der Waals surface area contributed by atoms with Gasteiger partial charge in [-0.25, -0.2) is 9.18 Å². The normalized spacial score (nSPS) is 10.3. The fourth-order valence-corrected chi connectivity index (χ4v) is 2.92. The van der Waals surface area contributed by atoms with Gasteiger partial charge in [0.1, 0.15) is 5.82 Å². The van der Waals surface area contributed by atoms with Crippen LogP contribution in [0.1, 0.15) is 15.9 Å². The molecule has 0 heterocycles. The van der Waals surface area contributed by atoms with E-state index >= 15 is 0 Å². The number of amides is 1. The molecule has 1 N–H and O–H groups in total. The van der Waals surface area contributed by atoms with Crippen molar-refractivity contribution < 1.29 is 18.7 Å². The van der Waals surface area contributed by atoms with Crippen molar-refractivity contribution in [3.8, 4) is 0 Å². The molecule has 2 rings (SSSR count). The van der Waals surface area contributed by atoms with E-state index in [1.54, 1.807) is 11.8 Å². The molecule has 25 heavy (non-hydrogen) atoms. The summed E-state index contributed by atoms with van der Waals surface area (Å²) in [6, 6.07) is 13.6. The van der Waals surface area contributed by atoms with Crippen LogP contribution >= 0.6 is 23.4 Å². The van der Waals surface area contributed by atoms with Crippen LogP contribution in [-0.4, -0.2) is 30.8 Å². The number of halogens is 2. The average molecular weight is 382 g/mol. The number of ether oxygens (including phenoxy) is 1. The summed E-state index contributed by atoms with van der Waals surface area (Å²) in [4.78, 5) is 23.4. The number of hydrogen-bond donors (Lipinski definition) is 1. The quantitative estimate of drug-likeness (QED) is 0.559. The van der Waals surface area contributed by atoms with Crippen molar-refractivity contribution in [2.75, 3.05) is 18.9 Å². The Morgan fingerprint density at radius 2 is 1.92 bits per heavy atom. The number of carbonyl (C=O) groups is 2. The summed E-state index contributed by atoms with van der Waals surface area (Å²) in [6.45, 7) is 0.00738. The molecule has 0 atom stereocenters. The van der Waals surface area contributed by atoms with Gasteiger partial charge in [-0.2, -0.15) is 11.8 Å². The summed E-state index contributed by atoms with van der Waals surface area (Å²) in [6.07, 6.45) is 0. The summed E-state index contributed by atoms with van der Waals surface area (Å²) >= 11 is 7.30. The molecule has 0 bridgehead atoms. The molecule has 1 amide bonds. The molecule has 0 spiro atoms. The van der Waals surface area contributed by atoms with E-state index in [2.05, 4.69) is 5.32 Å². The monoisotopic (exact) mass is 381 g/mol. The fraction of sp³-hybridized carbons (Fsp3) is 0.222. The van der Waals surface area contributed by atoms with Gasteiger partial charge in [-0.05, 0) is 23.8 Å². The van der Waals surface area contributed by atoms with Crippen LogP contribution < -0.4 is 5.32 Å². The topological polar surface area (TPSA) is 55.4 Å². The lowest BCUT2D eigenvalue weighted by Crippen LogP contribution is -2.30. The summed E-state index contributed by atoms with van der Waals surface area (Å²) in [7, 11) is 0. The number of nitrogens with one attached hydrogen (secondary N) is 1. The zero-order valence-corrected chi connectivity index (χ0v) is 14.9. The summed E-state index contributed by atoms with van der Waals surface area (Å²) in [5.41, 5.74) is 0.966. The molecule has 0 aromatic heterocycles. The van der Waals surface area contributed by atoms with Crippen molar-refractivity contribution in [1.82, 2.24) is 5.32 Å². The highest BCUT2D eigenvalue weighted by molar-refractivity contribution is 7.98. The maximum Gasteiger partial charge on any atom is 0.341 e. The highest BCUT2D eigenvalue weighted by atomic mass is 35.5. The molecule has 132 valence electrons. The largest absolute Gasteiger partial charge is 0.452 e. The van der Waals surface area contributed by atoms with Crippen molar-refractivity contribution in [2.45, 2.75) is 5.75 Å². The Balaban J connectivity index is 1.62. The summed E-state index contributed by atoms with van der Waals surface area (Å²) in [5.74, 6) is -0.511. The minimum atomic E-state index is -0.900. The second-order valence-electron chi connectivity index (χ2n) is 5.09. The number of thioether (sulfide) groups is 1. The molecular formula is C18H17ClFNO3S. The van der Waals surface area contributed by atoms with E-state index in [1.165, 1.54) is 17.7 Å². The fourth-order valence-electron chi connectivity index (χ4n) is 1.94. The molecule has 0 aliphatic heterocycles. The van der Waals surface area contributed by atoms with E-state index in [-0.39, 0.29) is 10.6 Å². The van der Waals surface area contributed by atoms with Gasteiger partial charge in [0.2, 0.25) is 0 Å². The van der Waals surface area contributed by atoms with Crippen molar-refractivity contribution >= 4 is 35.2 Å². The minimum Gasteiger partial charge on any atom is -0.452 e. The SMILES string of the molecule is O=C(COC(=O)c1ccc(Cl)cc1F)NCCSCc1ccccc1. The van der Waals surface area contributed by atoms with Gasteiger partial charge >= 0.3 is 5.97 Å². The highest BCUT2D eigenvalue weighted by Gasteiger charge is 2.14. The van der Waals surface area contributed by atoms with Gasteiger partial charge in [0, 0.05) is 23.1 Å². The Labute approximate surface area is 154 Å². The lowest BCUT2D eigenvalue weighted by atomic mass is 10.2. The summed E-state index contributed by atoms with van der Waals surface area (Å²) in [5, 5.41) is 2.83. The van der Waals surface area contributed by atoms with Crippen LogP contribution in [-0.2, 0) is 15.3 Å².